The smallest absolute Gasteiger partial charge is 0.0951 e. The summed E-state index contributed by atoms with van der Waals surface area (Å²) in [6, 6.07) is 3.88. The summed E-state index contributed by atoms with van der Waals surface area (Å²) in [7, 11) is 0. The highest BCUT2D eigenvalue weighted by Gasteiger charge is 2.15. The van der Waals surface area contributed by atoms with E-state index in [-0.39, 0.29) is 0 Å². The molecule has 80 valence electrons. The van der Waals surface area contributed by atoms with E-state index in [9.17, 15) is 0 Å². The maximum Gasteiger partial charge on any atom is 0.0951 e. The maximum absolute atomic E-state index is 5.99. The van der Waals surface area contributed by atoms with Crippen molar-refractivity contribution >= 4 is 27.3 Å². The Balaban J connectivity index is 2.56. The summed E-state index contributed by atoms with van der Waals surface area (Å²) in [4.78, 5) is 5.09. The molecule has 0 fully saturated rings. The van der Waals surface area contributed by atoms with E-state index < -0.39 is 0 Å². The molecule has 0 amide bonds. The first-order valence-corrected chi connectivity index (χ1v) is 5.68. The summed E-state index contributed by atoms with van der Waals surface area (Å²) >= 11 is 3.54. The zero-order valence-electron chi connectivity index (χ0n) is 8.51. The van der Waals surface area contributed by atoms with E-state index in [0.29, 0.717) is 6.61 Å². The minimum atomic E-state index is 0.588. The van der Waals surface area contributed by atoms with Crippen molar-refractivity contribution < 1.29 is 4.84 Å². The number of benzene rings is 1. The van der Waals surface area contributed by atoms with Crippen LogP contribution in [0.25, 0.3) is 5.70 Å². The number of halogens is 1. The van der Waals surface area contributed by atoms with Gasteiger partial charge in [0.25, 0.3) is 0 Å². The summed E-state index contributed by atoms with van der Waals surface area (Å²) in [6.45, 7) is 2.70. The van der Waals surface area contributed by atoms with Crippen molar-refractivity contribution in [1.82, 2.24) is 5.48 Å². The fraction of sp³-hybridized carbons (Fsp3) is 0.273. The van der Waals surface area contributed by atoms with Crippen LogP contribution in [0.2, 0.25) is 0 Å². The molecule has 0 aliphatic carbocycles. The highest BCUT2D eigenvalue weighted by atomic mass is 79.9. The molecule has 2 rings (SSSR count). The molecule has 1 aromatic rings. The third-order valence-electron chi connectivity index (χ3n) is 2.46. The van der Waals surface area contributed by atoms with Crippen LogP contribution in [0.15, 0.2) is 22.7 Å². The average Bonchev–Trinajstić information content (AvgIpc) is 2.74. The highest BCUT2D eigenvalue weighted by molar-refractivity contribution is 9.10. The zero-order chi connectivity index (χ0) is 10.8. The third-order valence-corrected chi connectivity index (χ3v) is 3.21. The number of nitrogens with one attached hydrogen (secondary N) is 1. The molecule has 0 spiro atoms. The van der Waals surface area contributed by atoms with Gasteiger partial charge < -0.3 is 5.73 Å². The van der Waals surface area contributed by atoms with Gasteiger partial charge in [-0.3, -0.25) is 10.3 Å². The summed E-state index contributed by atoms with van der Waals surface area (Å²) in [6.07, 6.45) is 2.93. The van der Waals surface area contributed by atoms with Gasteiger partial charge in [0.2, 0.25) is 0 Å². The topological polar surface area (TPSA) is 47.3 Å². The quantitative estimate of drug-likeness (QED) is 0.811. The van der Waals surface area contributed by atoms with Crippen LogP contribution in [0.3, 0.4) is 0 Å². The molecule has 1 aliphatic heterocycles. The van der Waals surface area contributed by atoms with Crippen molar-refractivity contribution in [2.24, 2.45) is 0 Å². The fourth-order valence-electron chi connectivity index (χ4n) is 1.74. The molecule has 0 saturated heterocycles. The Morgan fingerprint density at radius 3 is 2.93 bits per heavy atom. The molecule has 3 nitrogen and oxygen atoms in total. The van der Waals surface area contributed by atoms with Gasteiger partial charge in [-0.1, -0.05) is 22.9 Å². The molecule has 0 radical (unpaired) electrons. The van der Waals surface area contributed by atoms with Crippen molar-refractivity contribution in [2.45, 2.75) is 13.3 Å². The lowest BCUT2D eigenvalue weighted by Crippen LogP contribution is -2.09. The fourth-order valence-corrected chi connectivity index (χ4v) is 2.35. The number of hydrogen-bond donors (Lipinski definition) is 2. The molecule has 1 heterocycles. The van der Waals surface area contributed by atoms with E-state index in [4.69, 9.17) is 10.6 Å². The maximum atomic E-state index is 5.99. The van der Waals surface area contributed by atoms with Crippen molar-refractivity contribution in [2.75, 3.05) is 12.3 Å². The standard InChI is InChI=1S/C11H13BrN2O/c1-2-7-8(12)3-4-9(13)11(7)10-5-6-15-14-10/h3-5,14H,2,6,13H2,1H3. The van der Waals surface area contributed by atoms with Crippen LogP contribution in [0.4, 0.5) is 5.69 Å². The van der Waals surface area contributed by atoms with Gasteiger partial charge >= 0.3 is 0 Å². The Hall–Kier alpha value is -1.00. The molecule has 0 atom stereocenters. The van der Waals surface area contributed by atoms with Crippen LogP contribution >= 0.6 is 15.9 Å². The lowest BCUT2D eigenvalue weighted by molar-refractivity contribution is 0.121. The molecular weight excluding hydrogens is 256 g/mol. The van der Waals surface area contributed by atoms with Crippen molar-refractivity contribution in [3.63, 3.8) is 0 Å². The van der Waals surface area contributed by atoms with Crippen LogP contribution < -0.4 is 11.2 Å². The molecule has 0 saturated carbocycles. The van der Waals surface area contributed by atoms with Crippen molar-refractivity contribution in [1.29, 1.82) is 0 Å². The van der Waals surface area contributed by atoms with Gasteiger partial charge in [0.1, 0.15) is 0 Å². The number of rotatable bonds is 2. The number of nitrogen functional groups attached to an aromatic ring is 1. The number of nitrogens with two attached hydrogens (primary N) is 1. The Morgan fingerprint density at radius 2 is 2.33 bits per heavy atom. The first kappa shape index (κ1) is 10.5. The Labute approximate surface area is 97.4 Å². The van der Waals surface area contributed by atoms with Gasteiger partial charge in [-0.25, -0.2) is 0 Å². The van der Waals surface area contributed by atoms with E-state index in [0.717, 1.165) is 27.8 Å². The third kappa shape index (κ3) is 1.87. The van der Waals surface area contributed by atoms with E-state index in [2.05, 4.69) is 28.3 Å². The Morgan fingerprint density at radius 1 is 1.53 bits per heavy atom. The SMILES string of the molecule is CCc1c(Br)ccc(N)c1C1=CCON1. The molecule has 15 heavy (non-hydrogen) atoms. The Bertz CT molecular complexity index is 415. The lowest BCUT2D eigenvalue weighted by atomic mass is 10.0. The van der Waals surface area contributed by atoms with E-state index in [1.165, 1.54) is 5.56 Å². The van der Waals surface area contributed by atoms with Crippen LogP contribution in [0, 0.1) is 0 Å². The van der Waals surface area contributed by atoms with Crippen LogP contribution in [0.1, 0.15) is 18.1 Å². The normalized spacial score (nSPS) is 14.9. The number of hydroxylamine groups is 1. The first-order valence-electron chi connectivity index (χ1n) is 4.89. The predicted octanol–water partition coefficient (Wildman–Crippen LogP) is 2.47. The molecule has 1 aromatic carbocycles. The molecule has 1 aliphatic rings. The lowest BCUT2D eigenvalue weighted by Gasteiger charge is -2.13. The van der Waals surface area contributed by atoms with Gasteiger partial charge in [0.15, 0.2) is 0 Å². The summed E-state index contributed by atoms with van der Waals surface area (Å²) in [5.41, 5.74) is 12.9. The average molecular weight is 269 g/mol. The van der Waals surface area contributed by atoms with Gasteiger partial charge in [-0.15, -0.1) is 0 Å². The number of anilines is 1. The molecule has 4 heteroatoms. The van der Waals surface area contributed by atoms with Crippen LogP contribution in [-0.2, 0) is 11.3 Å². The van der Waals surface area contributed by atoms with Gasteiger partial charge in [0.05, 0.1) is 12.3 Å². The minimum Gasteiger partial charge on any atom is -0.398 e. The molecular formula is C11H13BrN2O. The van der Waals surface area contributed by atoms with Gasteiger partial charge in [-0.2, -0.15) is 0 Å². The Kier molecular flexibility index (Phi) is 2.98. The van der Waals surface area contributed by atoms with Crippen LogP contribution in [-0.4, -0.2) is 6.61 Å². The second kappa shape index (κ2) is 4.24. The summed E-state index contributed by atoms with van der Waals surface area (Å²) in [5, 5.41) is 0. The molecule has 3 N–H and O–H groups in total. The second-order valence-corrected chi connectivity index (χ2v) is 4.23. The van der Waals surface area contributed by atoms with E-state index >= 15 is 0 Å². The van der Waals surface area contributed by atoms with E-state index in [1.807, 2.05) is 18.2 Å². The van der Waals surface area contributed by atoms with Crippen LogP contribution in [0.5, 0.6) is 0 Å². The first-order chi connectivity index (χ1) is 7.24. The van der Waals surface area contributed by atoms with Gasteiger partial charge in [-0.05, 0) is 30.2 Å². The summed E-state index contributed by atoms with van der Waals surface area (Å²) in [5.74, 6) is 0. The molecule has 0 bridgehead atoms. The van der Waals surface area contributed by atoms with Crippen molar-refractivity contribution in [3.8, 4) is 0 Å². The molecule has 0 unspecified atom stereocenters. The van der Waals surface area contributed by atoms with Gasteiger partial charge in [0, 0.05) is 15.7 Å². The predicted molar refractivity (Wildman–Crippen MR) is 65.0 cm³/mol. The highest BCUT2D eigenvalue weighted by Crippen LogP contribution is 2.31. The second-order valence-electron chi connectivity index (χ2n) is 3.37. The minimum absolute atomic E-state index is 0.588. The monoisotopic (exact) mass is 268 g/mol. The van der Waals surface area contributed by atoms with Crippen molar-refractivity contribution in [3.05, 3.63) is 33.8 Å². The number of hydrogen-bond acceptors (Lipinski definition) is 3. The largest absolute Gasteiger partial charge is 0.398 e. The zero-order valence-corrected chi connectivity index (χ0v) is 10.1. The van der Waals surface area contributed by atoms with E-state index in [1.54, 1.807) is 0 Å². The molecule has 0 aromatic heterocycles. The summed E-state index contributed by atoms with van der Waals surface area (Å²) < 4.78 is 1.09.